The lowest BCUT2D eigenvalue weighted by atomic mass is 10.00. The van der Waals surface area contributed by atoms with Crippen molar-refractivity contribution in [3.63, 3.8) is 0 Å². The molecule has 1 aliphatic heterocycles. The average Bonchev–Trinajstić information content (AvgIpc) is 2.61. The van der Waals surface area contributed by atoms with Crippen LogP contribution in [-0.2, 0) is 6.54 Å². The summed E-state index contributed by atoms with van der Waals surface area (Å²) in [5.41, 5.74) is 2.41. The van der Waals surface area contributed by atoms with Crippen LogP contribution < -0.4 is 10.2 Å². The van der Waals surface area contributed by atoms with Crippen molar-refractivity contribution >= 4 is 23.2 Å². The van der Waals surface area contributed by atoms with Crippen molar-refractivity contribution in [2.75, 3.05) is 18.0 Å². The second kappa shape index (κ2) is 7.67. The predicted molar refractivity (Wildman–Crippen MR) is 97.5 cm³/mol. The molecule has 1 N–H and O–H groups in total. The molecule has 126 valence electrons. The number of aromatic nitrogens is 1. The quantitative estimate of drug-likeness (QED) is 0.915. The van der Waals surface area contributed by atoms with E-state index in [1.54, 1.807) is 6.20 Å². The van der Waals surface area contributed by atoms with Crippen molar-refractivity contribution in [3.05, 3.63) is 58.9 Å². The fourth-order valence-corrected chi connectivity index (χ4v) is 3.27. The van der Waals surface area contributed by atoms with Gasteiger partial charge in [0.05, 0.1) is 0 Å². The highest BCUT2D eigenvalue weighted by atomic mass is 35.5. The van der Waals surface area contributed by atoms with Crippen LogP contribution in [0.2, 0.25) is 5.02 Å². The molecule has 2 heterocycles. The molecule has 0 saturated carbocycles. The van der Waals surface area contributed by atoms with E-state index in [1.165, 1.54) is 12.8 Å². The summed E-state index contributed by atoms with van der Waals surface area (Å²) >= 11 is 6.12. The second-order valence-electron chi connectivity index (χ2n) is 6.37. The molecule has 5 heteroatoms. The van der Waals surface area contributed by atoms with E-state index in [4.69, 9.17) is 11.6 Å². The van der Waals surface area contributed by atoms with Crippen LogP contribution in [0.1, 0.15) is 35.8 Å². The minimum absolute atomic E-state index is 0.179. The molecule has 0 radical (unpaired) electrons. The maximum Gasteiger partial charge on any atom is 0.270 e. The second-order valence-corrected chi connectivity index (χ2v) is 6.77. The van der Waals surface area contributed by atoms with Crippen LogP contribution in [0.4, 0.5) is 5.69 Å². The summed E-state index contributed by atoms with van der Waals surface area (Å²) in [5, 5.41) is 3.55. The minimum atomic E-state index is -0.179. The lowest BCUT2D eigenvalue weighted by Crippen LogP contribution is -2.34. The highest BCUT2D eigenvalue weighted by Crippen LogP contribution is 2.23. The summed E-state index contributed by atoms with van der Waals surface area (Å²) in [6, 6.07) is 11.4. The van der Waals surface area contributed by atoms with Crippen molar-refractivity contribution in [1.29, 1.82) is 0 Å². The third-order valence-electron chi connectivity index (χ3n) is 4.40. The molecule has 3 rings (SSSR count). The van der Waals surface area contributed by atoms with Crippen molar-refractivity contribution in [2.45, 2.75) is 26.3 Å². The maximum absolute atomic E-state index is 12.4. The number of hydrogen-bond donors (Lipinski definition) is 1. The number of nitrogens with zero attached hydrogens (tertiary/aromatic N) is 2. The van der Waals surface area contributed by atoms with Gasteiger partial charge in [0, 0.05) is 36.5 Å². The molecule has 0 spiro atoms. The van der Waals surface area contributed by atoms with E-state index in [0.29, 0.717) is 23.2 Å². The zero-order valence-corrected chi connectivity index (χ0v) is 14.6. The van der Waals surface area contributed by atoms with Crippen LogP contribution >= 0.6 is 11.6 Å². The van der Waals surface area contributed by atoms with Gasteiger partial charge >= 0.3 is 0 Å². The molecule has 1 unspecified atom stereocenters. The molecule has 0 aliphatic carbocycles. The lowest BCUT2D eigenvalue weighted by molar-refractivity contribution is 0.0946. The average molecular weight is 344 g/mol. The summed E-state index contributed by atoms with van der Waals surface area (Å²) in [6.07, 6.45) is 4.17. The predicted octanol–water partition coefficient (Wildman–Crippen LogP) is 3.90. The molecule has 4 nitrogen and oxygen atoms in total. The van der Waals surface area contributed by atoms with Gasteiger partial charge in [-0.2, -0.15) is 0 Å². The number of piperidine rings is 1. The first-order valence-corrected chi connectivity index (χ1v) is 8.74. The normalized spacial score (nSPS) is 17.6. The van der Waals surface area contributed by atoms with Crippen LogP contribution in [0, 0.1) is 5.92 Å². The number of hydrogen-bond acceptors (Lipinski definition) is 3. The van der Waals surface area contributed by atoms with Crippen LogP contribution in [0.3, 0.4) is 0 Å². The Bertz CT molecular complexity index is 719. The fourth-order valence-electron chi connectivity index (χ4n) is 3.07. The SMILES string of the molecule is CC1CCCN(c2ccnc(C(=O)NCc3ccccc3Cl)c2)C1. The van der Waals surface area contributed by atoms with Gasteiger partial charge in [-0.15, -0.1) is 0 Å². The smallest absolute Gasteiger partial charge is 0.270 e. The van der Waals surface area contributed by atoms with Gasteiger partial charge in [0.25, 0.3) is 5.91 Å². The first kappa shape index (κ1) is 16.8. The molecule has 1 atom stereocenters. The van der Waals surface area contributed by atoms with Crippen molar-refractivity contribution in [3.8, 4) is 0 Å². The van der Waals surface area contributed by atoms with E-state index in [1.807, 2.05) is 36.4 Å². The Morgan fingerprint density at radius 1 is 1.38 bits per heavy atom. The van der Waals surface area contributed by atoms with Crippen LogP contribution in [0.15, 0.2) is 42.6 Å². The first-order valence-electron chi connectivity index (χ1n) is 8.36. The Morgan fingerprint density at radius 3 is 3.00 bits per heavy atom. The number of carbonyl (C=O) groups excluding carboxylic acids is 1. The highest BCUT2D eigenvalue weighted by molar-refractivity contribution is 6.31. The molecule has 1 saturated heterocycles. The summed E-state index contributed by atoms with van der Waals surface area (Å²) in [4.78, 5) is 18.9. The van der Waals surface area contributed by atoms with Crippen molar-refractivity contribution in [1.82, 2.24) is 10.3 Å². The third kappa shape index (κ3) is 4.06. The molecule has 1 aromatic heterocycles. The molecule has 1 aliphatic rings. The van der Waals surface area contributed by atoms with E-state index in [2.05, 4.69) is 22.1 Å². The zero-order chi connectivity index (χ0) is 16.9. The Balaban J connectivity index is 1.67. The lowest BCUT2D eigenvalue weighted by Gasteiger charge is -2.32. The Kier molecular flexibility index (Phi) is 5.36. The molecule has 1 amide bonds. The number of anilines is 1. The van der Waals surface area contributed by atoms with Gasteiger partial charge in [-0.05, 0) is 42.5 Å². The Labute approximate surface area is 147 Å². The van der Waals surface area contributed by atoms with E-state index in [-0.39, 0.29) is 5.91 Å². The number of rotatable bonds is 4. The molecule has 0 bridgehead atoms. The maximum atomic E-state index is 12.4. The molecular formula is C19H22ClN3O. The van der Waals surface area contributed by atoms with Gasteiger partial charge in [-0.25, -0.2) is 0 Å². The van der Waals surface area contributed by atoms with E-state index in [9.17, 15) is 4.79 Å². The third-order valence-corrected chi connectivity index (χ3v) is 4.76. The monoisotopic (exact) mass is 343 g/mol. The van der Waals surface area contributed by atoms with Gasteiger partial charge in [-0.1, -0.05) is 36.7 Å². The van der Waals surface area contributed by atoms with Gasteiger partial charge < -0.3 is 10.2 Å². The van der Waals surface area contributed by atoms with Gasteiger partial charge in [0.15, 0.2) is 0 Å². The number of nitrogens with one attached hydrogen (secondary N) is 1. The van der Waals surface area contributed by atoms with Crippen molar-refractivity contribution < 1.29 is 4.79 Å². The number of carbonyl (C=O) groups is 1. The Hall–Kier alpha value is -2.07. The zero-order valence-electron chi connectivity index (χ0n) is 13.8. The van der Waals surface area contributed by atoms with E-state index < -0.39 is 0 Å². The Morgan fingerprint density at radius 2 is 2.21 bits per heavy atom. The molecule has 1 aromatic carbocycles. The number of pyridine rings is 1. The summed E-state index contributed by atoms with van der Waals surface area (Å²) in [5.74, 6) is 0.506. The molecule has 24 heavy (non-hydrogen) atoms. The standard InChI is InChI=1S/C19H22ClN3O/c1-14-5-4-10-23(13-14)16-8-9-21-18(11-16)19(24)22-12-15-6-2-3-7-17(15)20/h2-3,6-9,11,14H,4-5,10,12-13H2,1H3,(H,22,24). The number of amides is 1. The number of halogens is 1. The van der Waals surface area contributed by atoms with E-state index >= 15 is 0 Å². The highest BCUT2D eigenvalue weighted by Gasteiger charge is 2.18. The van der Waals surface area contributed by atoms with Crippen LogP contribution in [-0.4, -0.2) is 24.0 Å². The first-order chi connectivity index (χ1) is 11.6. The minimum Gasteiger partial charge on any atom is -0.371 e. The van der Waals surface area contributed by atoms with Gasteiger partial charge in [0.2, 0.25) is 0 Å². The largest absolute Gasteiger partial charge is 0.371 e. The van der Waals surface area contributed by atoms with Gasteiger partial charge in [-0.3, -0.25) is 9.78 Å². The number of benzene rings is 1. The summed E-state index contributed by atoms with van der Waals surface area (Å²) in [6.45, 7) is 4.73. The fraction of sp³-hybridized carbons (Fsp3) is 0.368. The van der Waals surface area contributed by atoms with Crippen LogP contribution in [0.25, 0.3) is 0 Å². The topological polar surface area (TPSA) is 45.2 Å². The molecular weight excluding hydrogens is 322 g/mol. The molecule has 1 fully saturated rings. The summed E-state index contributed by atoms with van der Waals surface area (Å²) < 4.78 is 0. The molecule has 2 aromatic rings. The van der Waals surface area contributed by atoms with Crippen LogP contribution in [0.5, 0.6) is 0 Å². The van der Waals surface area contributed by atoms with Crippen molar-refractivity contribution in [2.24, 2.45) is 5.92 Å². The van der Waals surface area contributed by atoms with E-state index in [0.717, 1.165) is 24.3 Å². The van der Waals surface area contributed by atoms with Gasteiger partial charge in [0.1, 0.15) is 5.69 Å². The summed E-state index contributed by atoms with van der Waals surface area (Å²) in [7, 11) is 0.